The Labute approximate surface area is 114 Å². The normalized spacial score (nSPS) is 27.4. The van der Waals surface area contributed by atoms with Crippen molar-refractivity contribution in [1.29, 1.82) is 0 Å². The standard InChI is InChI=1S/C15H22N2O2/c1-14(2)12(16)15(3,4)13(14)17-11(19)9-7-5-6-8-10(9)18/h5-8,12-13,18H,16H2,1-4H3,(H,17,19). The van der Waals surface area contributed by atoms with Gasteiger partial charge in [-0.1, -0.05) is 39.8 Å². The number of benzene rings is 1. The molecule has 4 heteroatoms. The second-order valence-electron chi connectivity index (χ2n) is 6.54. The van der Waals surface area contributed by atoms with Gasteiger partial charge in [0.15, 0.2) is 0 Å². The highest BCUT2D eigenvalue weighted by molar-refractivity contribution is 5.97. The van der Waals surface area contributed by atoms with Gasteiger partial charge in [-0.25, -0.2) is 0 Å². The zero-order valence-electron chi connectivity index (χ0n) is 11.9. The Hall–Kier alpha value is -1.55. The fourth-order valence-electron chi connectivity index (χ4n) is 3.43. The van der Waals surface area contributed by atoms with E-state index in [2.05, 4.69) is 33.0 Å². The van der Waals surface area contributed by atoms with Crippen molar-refractivity contribution in [3.63, 3.8) is 0 Å². The van der Waals surface area contributed by atoms with Crippen LogP contribution in [0.3, 0.4) is 0 Å². The molecular weight excluding hydrogens is 240 g/mol. The van der Waals surface area contributed by atoms with E-state index in [0.29, 0.717) is 5.56 Å². The topological polar surface area (TPSA) is 75.3 Å². The predicted molar refractivity (Wildman–Crippen MR) is 74.9 cm³/mol. The van der Waals surface area contributed by atoms with Crippen LogP contribution in [0.4, 0.5) is 0 Å². The average Bonchev–Trinajstić information content (AvgIpc) is 2.34. The van der Waals surface area contributed by atoms with Gasteiger partial charge in [0.25, 0.3) is 5.91 Å². The molecule has 0 unspecified atom stereocenters. The summed E-state index contributed by atoms with van der Waals surface area (Å²) in [6.45, 7) is 8.22. The van der Waals surface area contributed by atoms with E-state index in [9.17, 15) is 9.90 Å². The molecule has 0 atom stereocenters. The van der Waals surface area contributed by atoms with Crippen LogP contribution in [0, 0.1) is 10.8 Å². The molecule has 0 saturated heterocycles. The van der Waals surface area contributed by atoms with Crippen LogP contribution >= 0.6 is 0 Å². The van der Waals surface area contributed by atoms with Crippen LogP contribution in [-0.4, -0.2) is 23.1 Å². The van der Waals surface area contributed by atoms with Crippen molar-refractivity contribution < 1.29 is 9.90 Å². The van der Waals surface area contributed by atoms with E-state index in [0.717, 1.165) is 0 Å². The van der Waals surface area contributed by atoms with E-state index in [4.69, 9.17) is 5.73 Å². The van der Waals surface area contributed by atoms with Crippen molar-refractivity contribution in [2.75, 3.05) is 0 Å². The van der Waals surface area contributed by atoms with Crippen molar-refractivity contribution >= 4 is 5.91 Å². The first kappa shape index (κ1) is 13.9. The minimum Gasteiger partial charge on any atom is -0.507 e. The van der Waals surface area contributed by atoms with Crippen LogP contribution in [0.15, 0.2) is 24.3 Å². The van der Waals surface area contributed by atoms with E-state index < -0.39 is 0 Å². The molecule has 1 aliphatic carbocycles. The third-order valence-corrected chi connectivity index (χ3v) is 4.52. The fourth-order valence-corrected chi connectivity index (χ4v) is 3.43. The molecular formula is C15H22N2O2. The zero-order valence-corrected chi connectivity index (χ0v) is 11.9. The summed E-state index contributed by atoms with van der Waals surface area (Å²) in [7, 11) is 0. The van der Waals surface area contributed by atoms with E-state index >= 15 is 0 Å². The number of hydrogen-bond donors (Lipinski definition) is 3. The first-order valence-corrected chi connectivity index (χ1v) is 6.53. The molecule has 4 N–H and O–H groups in total. The summed E-state index contributed by atoms with van der Waals surface area (Å²) in [4.78, 5) is 12.2. The Morgan fingerprint density at radius 2 is 1.74 bits per heavy atom. The van der Waals surface area contributed by atoms with Crippen LogP contribution in [0.1, 0.15) is 38.1 Å². The van der Waals surface area contributed by atoms with E-state index in [1.165, 1.54) is 6.07 Å². The van der Waals surface area contributed by atoms with Crippen molar-refractivity contribution in [2.45, 2.75) is 39.8 Å². The molecule has 4 nitrogen and oxygen atoms in total. The SMILES string of the molecule is CC1(C)C(N)C(C)(C)C1NC(=O)c1ccccc1O. The molecule has 1 aromatic carbocycles. The fraction of sp³-hybridized carbons (Fsp3) is 0.533. The van der Waals surface area contributed by atoms with Gasteiger partial charge in [0.2, 0.25) is 0 Å². The lowest BCUT2D eigenvalue weighted by molar-refractivity contribution is -0.0663. The van der Waals surface area contributed by atoms with Crippen molar-refractivity contribution in [3.8, 4) is 5.75 Å². The Bertz CT molecular complexity index is 493. The summed E-state index contributed by atoms with van der Waals surface area (Å²) >= 11 is 0. The number of nitrogens with one attached hydrogen (secondary N) is 1. The number of amides is 1. The maximum absolute atomic E-state index is 12.2. The maximum atomic E-state index is 12.2. The summed E-state index contributed by atoms with van der Waals surface area (Å²) in [5.41, 5.74) is 6.17. The van der Waals surface area contributed by atoms with Crippen LogP contribution in [0.25, 0.3) is 0 Å². The number of hydrogen-bond acceptors (Lipinski definition) is 3. The number of nitrogens with two attached hydrogens (primary N) is 1. The smallest absolute Gasteiger partial charge is 0.255 e. The Kier molecular flexibility index (Phi) is 3.09. The second kappa shape index (κ2) is 4.23. The molecule has 1 fully saturated rings. The van der Waals surface area contributed by atoms with E-state index in [1.807, 2.05) is 0 Å². The number of phenols is 1. The highest BCUT2D eigenvalue weighted by Gasteiger charge is 2.60. The first-order chi connectivity index (χ1) is 8.69. The van der Waals surface area contributed by atoms with Gasteiger partial charge in [0, 0.05) is 22.9 Å². The van der Waals surface area contributed by atoms with Gasteiger partial charge < -0.3 is 16.2 Å². The summed E-state index contributed by atoms with van der Waals surface area (Å²) in [5.74, 6) is -0.254. The van der Waals surface area contributed by atoms with Gasteiger partial charge in [0.05, 0.1) is 5.56 Å². The van der Waals surface area contributed by atoms with Crippen molar-refractivity contribution in [3.05, 3.63) is 29.8 Å². The van der Waals surface area contributed by atoms with Gasteiger partial charge >= 0.3 is 0 Å². The number of aromatic hydroxyl groups is 1. The third kappa shape index (κ3) is 2.00. The van der Waals surface area contributed by atoms with Gasteiger partial charge in [0.1, 0.15) is 5.75 Å². The molecule has 0 radical (unpaired) electrons. The lowest BCUT2D eigenvalue weighted by Gasteiger charge is -2.62. The second-order valence-corrected chi connectivity index (χ2v) is 6.54. The molecule has 0 bridgehead atoms. The molecule has 0 heterocycles. The van der Waals surface area contributed by atoms with Crippen LogP contribution < -0.4 is 11.1 Å². The molecule has 1 amide bonds. The monoisotopic (exact) mass is 262 g/mol. The molecule has 2 rings (SSSR count). The molecule has 19 heavy (non-hydrogen) atoms. The van der Waals surface area contributed by atoms with Gasteiger partial charge in [-0.05, 0) is 12.1 Å². The van der Waals surface area contributed by atoms with Crippen molar-refractivity contribution in [1.82, 2.24) is 5.32 Å². The Morgan fingerprint density at radius 3 is 2.26 bits per heavy atom. The summed E-state index contributed by atoms with van der Waals surface area (Å²) in [5, 5.41) is 12.7. The Balaban J connectivity index is 2.19. The predicted octanol–water partition coefficient (Wildman–Crippen LogP) is 1.88. The zero-order chi connectivity index (χ0) is 14.4. The quantitative estimate of drug-likeness (QED) is 0.761. The number of carbonyl (C=O) groups excluding carboxylic acids is 1. The van der Waals surface area contributed by atoms with E-state index in [1.54, 1.807) is 18.2 Å². The number of rotatable bonds is 2. The van der Waals surface area contributed by atoms with Gasteiger partial charge in [-0.3, -0.25) is 4.79 Å². The summed E-state index contributed by atoms with van der Waals surface area (Å²) in [6, 6.07) is 6.58. The van der Waals surface area contributed by atoms with Crippen LogP contribution in [0.2, 0.25) is 0 Å². The number of phenolic OH excluding ortho intramolecular Hbond substituents is 1. The minimum absolute atomic E-state index is 0.000709. The van der Waals surface area contributed by atoms with Crippen LogP contribution in [-0.2, 0) is 0 Å². The van der Waals surface area contributed by atoms with Crippen LogP contribution in [0.5, 0.6) is 5.75 Å². The molecule has 0 aromatic heterocycles. The van der Waals surface area contributed by atoms with Crippen molar-refractivity contribution in [2.24, 2.45) is 16.6 Å². The number of para-hydroxylation sites is 1. The molecule has 0 spiro atoms. The van der Waals surface area contributed by atoms with E-state index in [-0.39, 0.29) is 34.6 Å². The molecule has 0 aliphatic heterocycles. The highest BCUT2D eigenvalue weighted by atomic mass is 16.3. The lowest BCUT2D eigenvalue weighted by Crippen LogP contribution is -2.76. The van der Waals surface area contributed by atoms with Gasteiger partial charge in [-0.15, -0.1) is 0 Å². The Morgan fingerprint density at radius 1 is 1.21 bits per heavy atom. The molecule has 1 aromatic rings. The summed E-state index contributed by atoms with van der Waals surface area (Å²) in [6.07, 6.45) is 0. The number of carbonyl (C=O) groups is 1. The first-order valence-electron chi connectivity index (χ1n) is 6.53. The molecule has 1 saturated carbocycles. The lowest BCUT2D eigenvalue weighted by atomic mass is 9.48. The maximum Gasteiger partial charge on any atom is 0.255 e. The van der Waals surface area contributed by atoms with Gasteiger partial charge in [-0.2, -0.15) is 0 Å². The summed E-state index contributed by atoms with van der Waals surface area (Å²) < 4.78 is 0. The third-order valence-electron chi connectivity index (χ3n) is 4.52. The minimum atomic E-state index is -0.254. The highest BCUT2D eigenvalue weighted by Crippen LogP contribution is 2.52. The molecule has 104 valence electrons. The largest absolute Gasteiger partial charge is 0.507 e. The average molecular weight is 262 g/mol. The molecule has 1 aliphatic rings.